The largest absolute Gasteiger partial charge is 0.381 e. The Morgan fingerprint density at radius 3 is 2.51 bits per heavy atom. The molecule has 11 nitrogen and oxygen atoms in total. The summed E-state index contributed by atoms with van der Waals surface area (Å²) < 4.78 is 33.9. The van der Waals surface area contributed by atoms with Gasteiger partial charge < -0.3 is 20.3 Å². The van der Waals surface area contributed by atoms with E-state index < -0.39 is 20.9 Å². The van der Waals surface area contributed by atoms with Crippen LogP contribution in [0.1, 0.15) is 68.3 Å². The van der Waals surface area contributed by atoms with Crippen LogP contribution in [0.5, 0.6) is 0 Å². The SMILES string of the molecule is CC1(C)CCC(CC2CNCCN2c2ccc(C(=O)NS(=O)(=O)c3ccc(NCC4CCOCC4)c([N+](=O)[O-])c3)cc2)=C(c2ccc(Cl)cc2)C1. The number of piperazine rings is 1. The highest BCUT2D eigenvalue weighted by Gasteiger charge is 2.31. The van der Waals surface area contributed by atoms with E-state index >= 15 is 0 Å². The van der Waals surface area contributed by atoms with E-state index in [0.29, 0.717) is 25.7 Å². The molecule has 0 aromatic heterocycles. The molecule has 2 fully saturated rings. The molecule has 1 unspecified atom stereocenters. The maximum atomic E-state index is 13.2. The monoisotopic (exact) mass is 735 g/mol. The third-order valence-corrected chi connectivity index (χ3v) is 11.9. The summed E-state index contributed by atoms with van der Waals surface area (Å²) in [5, 5.41) is 19.2. The standard InChI is InChI=1S/C38H46ClN5O6S/c1-38(2)16-13-29(34(23-38)27-3-7-30(39)8-4-27)21-32-25-40-17-18-43(32)31-9-5-28(6-10-31)37(45)42-51(48,49)33-11-12-35(36(22-33)44(46)47)41-24-26-14-19-50-20-15-26/h3-12,22,26,32,40-41H,13-21,23-25H2,1-2H3,(H,42,45). The van der Waals surface area contributed by atoms with Gasteiger partial charge in [0.05, 0.1) is 9.82 Å². The van der Waals surface area contributed by atoms with Crippen molar-refractivity contribution in [1.29, 1.82) is 0 Å². The molecule has 0 bridgehead atoms. The molecule has 3 N–H and O–H groups in total. The molecule has 2 saturated heterocycles. The van der Waals surface area contributed by atoms with E-state index in [1.807, 2.05) is 24.3 Å². The minimum absolute atomic E-state index is 0.167. The smallest absolute Gasteiger partial charge is 0.293 e. The van der Waals surface area contributed by atoms with Crippen molar-refractivity contribution >= 4 is 50.2 Å². The van der Waals surface area contributed by atoms with Crippen LogP contribution in [-0.4, -0.2) is 64.7 Å². The van der Waals surface area contributed by atoms with Crippen molar-refractivity contribution in [3.8, 4) is 0 Å². The number of benzene rings is 3. The fraction of sp³-hybridized carbons (Fsp3) is 0.447. The van der Waals surface area contributed by atoms with Crippen LogP contribution in [0.2, 0.25) is 5.02 Å². The van der Waals surface area contributed by atoms with E-state index in [1.54, 1.807) is 12.1 Å². The van der Waals surface area contributed by atoms with Crippen molar-refractivity contribution in [2.24, 2.45) is 11.3 Å². The summed E-state index contributed by atoms with van der Waals surface area (Å²) in [6.07, 6.45) is 5.75. The summed E-state index contributed by atoms with van der Waals surface area (Å²) >= 11 is 6.21. The molecule has 3 aromatic rings. The van der Waals surface area contributed by atoms with Crippen molar-refractivity contribution in [2.45, 2.75) is 63.3 Å². The van der Waals surface area contributed by atoms with Gasteiger partial charge in [0, 0.05) is 67.8 Å². The van der Waals surface area contributed by atoms with Gasteiger partial charge in [-0.3, -0.25) is 14.9 Å². The molecule has 272 valence electrons. The number of ether oxygens (including phenoxy) is 1. The average molecular weight is 736 g/mol. The molecule has 1 atom stereocenters. The highest BCUT2D eigenvalue weighted by Crippen LogP contribution is 2.45. The van der Waals surface area contributed by atoms with Gasteiger partial charge in [-0.1, -0.05) is 43.2 Å². The van der Waals surface area contributed by atoms with Gasteiger partial charge in [0.1, 0.15) is 5.69 Å². The first-order chi connectivity index (χ1) is 24.4. The Morgan fingerprint density at radius 2 is 1.80 bits per heavy atom. The minimum Gasteiger partial charge on any atom is -0.381 e. The lowest BCUT2D eigenvalue weighted by Gasteiger charge is -2.41. The average Bonchev–Trinajstić information content (AvgIpc) is 3.12. The number of rotatable bonds is 11. The normalized spacial score (nSPS) is 19.8. The molecular formula is C38H46ClN5O6S. The maximum Gasteiger partial charge on any atom is 0.293 e. The predicted molar refractivity (Wildman–Crippen MR) is 201 cm³/mol. The molecular weight excluding hydrogens is 690 g/mol. The number of halogens is 1. The van der Waals surface area contributed by atoms with Crippen molar-refractivity contribution < 1.29 is 22.9 Å². The van der Waals surface area contributed by atoms with Gasteiger partial charge in [0.2, 0.25) is 0 Å². The molecule has 0 spiro atoms. The van der Waals surface area contributed by atoms with Gasteiger partial charge in [0.15, 0.2) is 0 Å². The summed E-state index contributed by atoms with van der Waals surface area (Å²) in [7, 11) is -4.39. The minimum atomic E-state index is -4.39. The Bertz CT molecular complexity index is 1880. The number of hydrogen-bond acceptors (Lipinski definition) is 9. The Labute approximate surface area is 305 Å². The number of carbonyl (C=O) groups excluding carboxylic acids is 1. The van der Waals surface area contributed by atoms with Gasteiger partial charge in [-0.2, -0.15) is 0 Å². The summed E-state index contributed by atoms with van der Waals surface area (Å²) in [5.41, 5.74) is 5.25. The van der Waals surface area contributed by atoms with Crippen LogP contribution in [0.15, 0.2) is 77.2 Å². The van der Waals surface area contributed by atoms with Crippen LogP contribution in [0.4, 0.5) is 17.1 Å². The van der Waals surface area contributed by atoms with Crippen LogP contribution in [0.3, 0.4) is 0 Å². The molecule has 13 heteroatoms. The Hall–Kier alpha value is -3.97. The van der Waals surface area contributed by atoms with Crippen LogP contribution in [-0.2, 0) is 14.8 Å². The van der Waals surface area contributed by atoms with E-state index in [1.165, 1.54) is 28.8 Å². The quantitative estimate of drug-likeness (QED) is 0.140. The lowest BCUT2D eigenvalue weighted by atomic mass is 9.71. The van der Waals surface area contributed by atoms with Crippen molar-refractivity contribution in [3.63, 3.8) is 0 Å². The van der Waals surface area contributed by atoms with E-state index in [0.717, 1.165) is 74.9 Å². The number of hydrogen-bond donors (Lipinski definition) is 3. The van der Waals surface area contributed by atoms with E-state index in [-0.39, 0.29) is 33.3 Å². The first-order valence-corrected chi connectivity index (χ1v) is 19.5. The predicted octanol–water partition coefficient (Wildman–Crippen LogP) is 7.04. The molecule has 6 rings (SSSR count). The number of amides is 1. The highest BCUT2D eigenvalue weighted by molar-refractivity contribution is 7.90. The van der Waals surface area contributed by atoms with Gasteiger partial charge in [-0.15, -0.1) is 0 Å². The maximum absolute atomic E-state index is 13.2. The van der Waals surface area contributed by atoms with Crippen molar-refractivity contribution in [3.05, 3.63) is 98.6 Å². The number of allylic oxidation sites excluding steroid dienone is 1. The van der Waals surface area contributed by atoms with E-state index in [2.05, 4.69) is 46.2 Å². The van der Waals surface area contributed by atoms with Crippen LogP contribution < -0.4 is 20.3 Å². The first kappa shape index (κ1) is 36.8. The summed E-state index contributed by atoms with van der Waals surface area (Å²) in [6.45, 7) is 8.88. The molecule has 1 amide bonds. The highest BCUT2D eigenvalue weighted by atomic mass is 35.5. The molecule has 0 radical (unpaired) electrons. The third-order valence-electron chi connectivity index (χ3n) is 10.3. The fourth-order valence-electron chi connectivity index (χ4n) is 7.31. The number of anilines is 2. The van der Waals surface area contributed by atoms with Gasteiger partial charge in [0.25, 0.3) is 21.6 Å². The first-order valence-electron chi connectivity index (χ1n) is 17.6. The van der Waals surface area contributed by atoms with Crippen LogP contribution >= 0.6 is 11.6 Å². The second kappa shape index (κ2) is 15.7. The molecule has 2 heterocycles. The van der Waals surface area contributed by atoms with Crippen LogP contribution in [0, 0.1) is 21.4 Å². The zero-order valence-corrected chi connectivity index (χ0v) is 30.7. The molecule has 0 saturated carbocycles. The van der Waals surface area contributed by atoms with Gasteiger partial charge in [-0.25, -0.2) is 13.1 Å². The Kier molecular flexibility index (Phi) is 11.4. The van der Waals surface area contributed by atoms with E-state index in [4.69, 9.17) is 16.3 Å². The van der Waals surface area contributed by atoms with Crippen molar-refractivity contribution in [1.82, 2.24) is 10.0 Å². The van der Waals surface area contributed by atoms with Crippen LogP contribution in [0.25, 0.3) is 5.57 Å². The number of sulfonamides is 1. The fourth-order valence-corrected chi connectivity index (χ4v) is 8.43. The number of nitrogens with zero attached hydrogens (tertiary/aromatic N) is 2. The van der Waals surface area contributed by atoms with E-state index in [9.17, 15) is 23.3 Å². The molecule has 2 aliphatic heterocycles. The molecule has 3 aromatic carbocycles. The lowest BCUT2D eigenvalue weighted by Crippen LogP contribution is -2.51. The Balaban J connectivity index is 1.14. The second-order valence-electron chi connectivity index (χ2n) is 14.5. The zero-order chi connectivity index (χ0) is 36.2. The Morgan fingerprint density at radius 1 is 1.08 bits per heavy atom. The zero-order valence-electron chi connectivity index (χ0n) is 29.1. The number of nitrogens with one attached hydrogen (secondary N) is 3. The molecule has 1 aliphatic carbocycles. The molecule has 51 heavy (non-hydrogen) atoms. The molecule has 3 aliphatic rings. The van der Waals surface area contributed by atoms with Gasteiger partial charge >= 0.3 is 0 Å². The third kappa shape index (κ3) is 9.10. The summed E-state index contributed by atoms with van der Waals surface area (Å²) in [5.74, 6) is -0.509. The summed E-state index contributed by atoms with van der Waals surface area (Å²) in [4.78, 5) is 26.4. The summed E-state index contributed by atoms with van der Waals surface area (Å²) in [6, 6.07) is 18.9. The van der Waals surface area contributed by atoms with Crippen molar-refractivity contribution in [2.75, 3.05) is 49.6 Å². The second-order valence-corrected chi connectivity index (χ2v) is 16.7. The number of carbonyl (C=O) groups is 1. The van der Waals surface area contributed by atoms with Gasteiger partial charge in [-0.05, 0) is 110 Å². The number of nitro groups is 1. The lowest BCUT2D eigenvalue weighted by molar-refractivity contribution is -0.384. The number of nitro benzene ring substituents is 1. The topological polar surface area (TPSA) is 143 Å².